The van der Waals surface area contributed by atoms with Gasteiger partial charge in [-0.15, -0.1) is 5.53 Å². The van der Waals surface area contributed by atoms with Crippen molar-refractivity contribution >= 4 is 28.8 Å². The normalized spacial score (nSPS) is 19.6. The summed E-state index contributed by atoms with van der Waals surface area (Å²) in [7, 11) is 2.03. The lowest BCUT2D eigenvalue weighted by atomic mass is 10.0. The number of aromatic nitrogens is 1. The third-order valence-corrected chi connectivity index (χ3v) is 6.01. The fourth-order valence-electron chi connectivity index (χ4n) is 3.95. The Labute approximate surface area is 165 Å². The van der Waals surface area contributed by atoms with Crippen molar-refractivity contribution in [1.82, 2.24) is 15.8 Å². The van der Waals surface area contributed by atoms with Gasteiger partial charge in [-0.3, -0.25) is 10.0 Å². The number of piperazine rings is 1. The number of hydrogen-bond acceptors (Lipinski definition) is 6. The molecule has 3 heterocycles. The number of pyridine rings is 1. The van der Waals surface area contributed by atoms with Gasteiger partial charge in [0.15, 0.2) is 0 Å². The number of hydrazine groups is 2. The van der Waals surface area contributed by atoms with Gasteiger partial charge in [0, 0.05) is 51.5 Å². The van der Waals surface area contributed by atoms with Gasteiger partial charge in [-0.05, 0) is 42.5 Å². The maximum Gasteiger partial charge on any atom is 0.129 e. The van der Waals surface area contributed by atoms with Crippen molar-refractivity contribution in [2.24, 2.45) is 5.92 Å². The summed E-state index contributed by atoms with van der Waals surface area (Å²) in [6.45, 7) is 5.00. The molecule has 1 aromatic heterocycles. The van der Waals surface area contributed by atoms with Crippen LogP contribution in [0.2, 0.25) is 5.02 Å². The monoisotopic (exact) mass is 384 g/mol. The average Bonchev–Trinajstić information content (AvgIpc) is 3.46. The highest BCUT2D eigenvalue weighted by Crippen LogP contribution is 2.45. The number of benzene rings is 1. The second kappa shape index (κ2) is 6.86. The standard InChI is InChI=1S/C20H25ClN6/c1-25-20-17(27(24-25)13-14-2-3-14)5-4-16(19(20)21)15-6-7-23-18(12-15)26-10-8-22-9-11-26/h4-7,12,14,22,24H,2-3,8-11,13H2,1H3. The summed E-state index contributed by atoms with van der Waals surface area (Å²) in [5.41, 5.74) is 7.80. The van der Waals surface area contributed by atoms with Crippen LogP contribution in [0.15, 0.2) is 30.5 Å². The SMILES string of the molecule is CN1NN(CC2CC2)c2ccc(-c3ccnc(N4CCNCC4)c3)c(Cl)c21. The van der Waals surface area contributed by atoms with Crippen molar-refractivity contribution in [2.45, 2.75) is 12.8 Å². The minimum Gasteiger partial charge on any atom is -0.354 e. The molecule has 3 aliphatic rings. The van der Waals surface area contributed by atoms with Gasteiger partial charge >= 0.3 is 0 Å². The molecule has 142 valence electrons. The third kappa shape index (κ3) is 3.22. The lowest BCUT2D eigenvalue weighted by molar-refractivity contribution is 0.585. The second-order valence-corrected chi connectivity index (χ2v) is 8.03. The number of rotatable bonds is 4. The van der Waals surface area contributed by atoms with Crippen LogP contribution < -0.4 is 25.8 Å². The Hall–Kier alpha value is -2.02. The van der Waals surface area contributed by atoms with Gasteiger partial charge in [-0.25, -0.2) is 4.98 Å². The van der Waals surface area contributed by atoms with Gasteiger partial charge in [0.2, 0.25) is 0 Å². The van der Waals surface area contributed by atoms with Crippen LogP contribution in [0.25, 0.3) is 11.1 Å². The van der Waals surface area contributed by atoms with Gasteiger partial charge < -0.3 is 10.2 Å². The highest BCUT2D eigenvalue weighted by molar-refractivity contribution is 6.37. The van der Waals surface area contributed by atoms with E-state index in [2.05, 4.69) is 43.9 Å². The molecule has 5 rings (SSSR count). The van der Waals surface area contributed by atoms with Gasteiger partial charge in [0.1, 0.15) is 5.82 Å². The zero-order valence-electron chi connectivity index (χ0n) is 15.6. The number of hydrogen-bond donors (Lipinski definition) is 2. The molecule has 7 heteroatoms. The topological polar surface area (TPSA) is 46.7 Å². The molecule has 0 unspecified atom stereocenters. The molecular weight excluding hydrogens is 360 g/mol. The summed E-state index contributed by atoms with van der Waals surface area (Å²) in [6, 6.07) is 8.52. The summed E-state index contributed by atoms with van der Waals surface area (Å²) in [5, 5.41) is 8.43. The molecule has 6 nitrogen and oxygen atoms in total. The average molecular weight is 385 g/mol. The zero-order valence-corrected chi connectivity index (χ0v) is 16.3. The van der Waals surface area contributed by atoms with Crippen LogP contribution in [-0.2, 0) is 0 Å². The van der Waals surface area contributed by atoms with E-state index in [1.165, 1.54) is 12.8 Å². The summed E-state index contributed by atoms with van der Waals surface area (Å²) in [6.07, 6.45) is 4.54. The second-order valence-electron chi connectivity index (χ2n) is 7.65. The Bertz CT molecular complexity index is 846. The maximum absolute atomic E-state index is 6.89. The Kier molecular flexibility index (Phi) is 4.34. The van der Waals surface area contributed by atoms with Crippen molar-refractivity contribution in [3.8, 4) is 11.1 Å². The van der Waals surface area contributed by atoms with Crippen molar-refractivity contribution in [3.05, 3.63) is 35.5 Å². The predicted octanol–water partition coefficient (Wildman–Crippen LogP) is 2.90. The summed E-state index contributed by atoms with van der Waals surface area (Å²) in [4.78, 5) is 6.91. The number of halogens is 1. The largest absolute Gasteiger partial charge is 0.354 e. The Morgan fingerprint density at radius 1 is 1.19 bits per heavy atom. The third-order valence-electron chi connectivity index (χ3n) is 5.63. The molecule has 1 aliphatic carbocycles. The number of anilines is 3. The molecular formula is C20H25ClN6. The quantitative estimate of drug-likeness (QED) is 0.845. The molecule has 0 spiro atoms. The summed E-state index contributed by atoms with van der Waals surface area (Å²) in [5.74, 6) is 1.82. The minimum atomic E-state index is 0.790. The molecule has 0 bridgehead atoms. The first-order valence-corrected chi connectivity index (χ1v) is 10.1. The van der Waals surface area contributed by atoms with Crippen molar-refractivity contribution in [2.75, 3.05) is 54.7 Å². The van der Waals surface area contributed by atoms with E-state index in [0.717, 1.165) is 72.0 Å². The number of nitrogens with one attached hydrogen (secondary N) is 2. The van der Waals surface area contributed by atoms with Crippen LogP contribution in [0.3, 0.4) is 0 Å². The molecule has 1 saturated heterocycles. The van der Waals surface area contributed by atoms with Crippen LogP contribution in [0, 0.1) is 5.92 Å². The van der Waals surface area contributed by atoms with Gasteiger partial charge in [0.25, 0.3) is 0 Å². The first-order valence-electron chi connectivity index (χ1n) is 9.73. The molecule has 2 fully saturated rings. The van der Waals surface area contributed by atoms with Crippen LogP contribution in [-0.4, -0.2) is 44.8 Å². The lowest BCUT2D eigenvalue weighted by Gasteiger charge is -2.28. The zero-order chi connectivity index (χ0) is 18.4. The van der Waals surface area contributed by atoms with E-state index in [4.69, 9.17) is 11.6 Å². The van der Waals surface area contributed by atoms with Crippen molar-refractivity contribution in [1.29, 1.82) is 0 Å². The van der Waals surface area contributed by atoms with E-state index >= 15 is 0 Å². The van der Waals surface area contributed by atoms with E-state index in [-0.39, 0.29) is 0 Å². The first-order chi connectivity index (χ1) is 13.2. The lowest BCUT2D eigenvalue weighted by Crippen LogP contribution is -2.43. The number of nitrogens with zero attached hydrogens (tertiary/aromatic N) is 4. The van der Waals surface area contributed by atoms with Gasteiger partial charge in [-0.2, -0.15) is 0 Å². The molecule has 0 amide bonds. The Morgan fingerprint density at radius 2 is 2.00 bits per heavy atom. The predicted molar refractivity (Wildman–Crippen MR) is 111 cm³/mol. The van der Waals surface area contributed by atoms with Crippen molar-refractivity contribution < 1.29 is 0 Å². The van der Waals surface area contributed by atoms with Crippen LogP contribution in [0.5, 0.6) is 0 Å². The van der Waals surface area contributed by atoms with E-state index < -0.39 is 0 Å². The Morgan fingerprint density at radius 3 is 2.78 bits per heavy atom. The number of fused-ring (bicyclic) bond motifs is 1. The van der Waals surface area contributed by atoms with E-state index in [1.54, 1.807) is 0 Å². The minimum absolute atomic E-state index is 0.790. The molecule has 0 radical (unpaired) electrons. The van der Waals surface area contributed by atoms with E-state index in [1.807, 2.05) is 24.3 Å². The highest BCUT2D eigenvalue weighted by atomic mass is 35.5. The molecule has 2 N–H and O–H groups in total. The van der Waals surface area contributed by atoms with Crippen molar-refractivity contribution in [3.63, 3.8) is 0 Å². The first kappa shape index (κ1) is 17.1. The van der Waals surface area contributed by atoms with Gasteiger partial charge in [0.05, 0.1) is 16.4 Å². The maximum atomic E-state index is 6.89. The molecule has 2 aromatic rings. The summed E-state index contributed by atoms with van der Waals surface area (Å²) < 4.78 is 0. The van der Waals surface area contributed by atoms with Crippen LogP contribution in [0.1, 0.15) is 12.8 Å². The fraction of sp³-hybridized carbons (Fsp3) is 0.450. The molecule has 27 heavy (non-hydrogen) atoms. The fourth-order valence-corrected chi connectivity index (χ4v) is 4.35. The molecule has 1 aromatic carbocycles. The van der Waals surface area contributed by atoms with Crippen LogP contribution in [0.4, 0.5) is 17.2 Å². The molecule has 0 atom stereocenters. The Balaban J connectivity index is 1.48. The van der Waals surface area contributed by atoms with E-state index in [9.17, 15) is 0 Å². The van der Waals surface area contributed by atoms with E-state index in [0.29, 0.717) is 0 Å². The molecule has 2 aliphatic heterocycles. The van der Waals surface area contributed by atoms with Crippen LogP contribution >= 0.6 is 11.6 Å². The molecule has 1 saturated carbocycles. The summed E-state index contributed by atoms with van der Waals surface area (Å²) >= 11 is 6.89. The highest BCUT2D eigenvalue weighted by Gasteiger charge is 2.32. The van der Waals surface area contributed by atoms with Gasteiger partial charge in [-0.1, -0.05) is 17.7 Å². The smallest absolute Gasteiger partial charge is 0.129 e.